The molecule has 0 amide bonds. The number of benzene rings is 5. The summed E-state index contributed by atoms with van der Waals surface area (Å²) in [5.41, 5.74) is 14.2. The van der Waals surface area contributed by atoms with Crippen molar-refractivity contribution in [2.45, 2.75) is 56.4 Å². The molecule has 5 nitrogen and oxygen atoms in total. The number of aliphatic imine (C=N–C) groups is 1. The van der Waals surface area contributed by atoms with Crippen LogP contribution >= 0.6 is 0 Å². The minimum Gasteiger partial charge on any atom is -0.350 e. The SMILES string of the molecule is C1=CCC2C=c3c(n(C4=CCCC(C5N=C(c6ccccc6)NC(c6cc7c(c8ccccc68)CCC=C7)N5)=C4)c4ccc(N5c6ccccc6C6C=CC=CC65)cc34)=CC2=C1. The number of nitrogens with zero attached hydrogens (tertiary/aromatic N) is 3. The topological polar surface area (TPSA) is 44.6 Å². The molecule has 5 aromatic carbocycles. The van der Waals surface area contributed by atoms with Crippen molar-refractivity contribution < 1.29 is 0 Å². The van der Waals surface area contributed by atoms with Crippen molar-refractivity contribution in [1.82, 2.24) is 15.2 Å². The zero-order chi connectivity index (χ0) is 40.7. The Morgan fingerprint density at radius 2 is 1.60 bits per heavy atom. The fourth-order valence-electron chi connectivity index (χ4n) is 11.3. The van der Waals surface area contributed by atoms with Crippen LogP contribution in [0.1, 0.15) is 65.6 Å². The lowest BCUT2D eigenvalue weighted by molar-refractivity contribution is 0.427. The summed E-state index contributed by atoms with van der Waals surface area (Å²) in [5, 5.41) is 14.5. The molecule has 0 saturated heterocycles. The van der Waals surface area contributed by atoms with Gasteiger partial charge in [-0.25, -0.2) is 4.99 Å². The maximum Gasteiger partial charge on any atom is 0.131 e. The number of fused-ring (bicyclic) bond motifs is 10. The van der Waals surface area contributed by atoms with E-state index in [2.05, 4.69) is 202 Å². The van der Waals surface area contributed by atoms with Crippen LogP contribution in [0.15, 0.2) is 180 Å². The van der Waals surface area contributed by atoms with Gasteiger partial charge in [-0.15, -0.1) is 0 Å². The molecule has 1 aromatic heterocycles. The molecule has 13 rings (SSSR count). The first-order chi connectivity index (χ1) is 30.7. The Morgan fingerprint density at radius 1 is 0.726 bits per heavy atom. The molecular weight excluding hydrogens is 755 g/mol. The third-order valence-electron chi connectivity index (χ3n) is 14.2. The molecule has 0 saturated carbocycles. The van der Waals surface area contributed by atoms with Gasteiger partial charge in [0, 0.05) is 45.1 Å². The summed E-state index contributed by atoms with van der Waals surface area (Å²) in [7, 11) is 0. The van der Waals surface area contributed by atoms with Gasteiger partial charge in [0.25, 0.3) is 0 Å². The van der Waals surface area contributed by atoms with E-state index in [-0.39, 0.29) is 18.4 Å². The van der Waals surface area contributed by atoms with E-state index in [1.807, 2.05) is 0 Å². The van der Waals surface area contributed by atoms with E-state index in [1.54, 1.807) is 0 Å². The van der Waals surface area contributed by atoms with Gasteiger partial charge in [0.05, 0.1) is 16.9 Å². The molecule has 62 heavy (non-hydrogen) atoms. The summed E-state index contributed by atoms with van der Waals surface area (Å²) in [4.78, 5) is 8.04. The molecular formula is C57H47N5. The highest BCUT2D eigenvalue weighted by Gasteiger charge is 2.37. The zero-order valence-electron chi connectivity index (χ0n) is 34.6. The molecule has 2 aliphatic heterocycles. The average Bonchev–Trinajstić information content (AvgIpc) is 3.85. The van der Waals surface area contributed by atoms with Gasteiger partial charge in [0.15, 0.2) is 0 Å². The molecule has 2 N–H and O–H groups in total. The first kappa shape index (κ1) is 35.8. The molecule has 0 fully saturated rings. The standard InChI is InChI=1S/C57H47N5/c1-2-15-36(16-3-1)55-58-56(60-57(59-55)50-33-39-19-6-7-22-43(39)44-23-8-9-24-45(44)50)40-20-14-21-41(31-40)62-53-30-29-42(35-49(53)48-32-37-17-4-5-18-38(37)34-54(48)62)61-51-27-12-10-25-46(51)47-26-11-13-28-52(47)61/h1-6,8-13,15-16,18-19,21,23-35,37,46,51,56-57,60H,7,14,17,20,22H2,(H,58,59). The van der Waals surface area contributed by atoms with Crippen LogP contribution in [-0.4, -0.2) is 22.6 Å². The lowest BCUT2D eigenvalue weighted by atomic mass is 9.87. The van der Waals surface area contributed by atoms with E-state index in [1.165, 1.54) is 82.7 Å². The van der Waals surface area contributed by atoms with Gasteiger partial charge in [0.2, 0.25) is 0 Å². The molecule has 300 valence electrons. The van der Waals surface area contributed by atoms with Gasteiger partial charge in [-0.2, -0.15) is 0 Å². The van der Waals surface area contributed by atoms with Crippen molar-refractivity contribution in [1.29, 1.82) is 0 Å². The fourth-order valence-corrected chi connectivity index (χ4v) is 11.3. The van der Waals surface area contributed by atoms with E-state index in [4.69, 9.17) is 4.99 Å². The van der Waals surface area contributed by atoms with Crippen LogP contribution in [-0.2, 0) is 6.42 Å². The predicted octanol–water partition coefficient (Wildman–Crippen LogP) is 10.8. The maximum absolute atomic E-state index is 5.47. The molecule has 5 heteroatoms. The summed E-state index contributed by atoms with van der Waals surface area (Å²) in [6, 6.07) is 38.4. The van der Waals surface area contributed by atoms with Gasteiger partial charge in [-0.3, -0.25) is 5.32 Å². The summed E-state index contributed by atoms with van der Waals surface area (Å²) in [6.45, 7) is 0. The normalized spacial score (nSPS) is 24.1. The summed E-state index contributed by atoms with van der Waals surface area (Å²) >= 11 is 0. The molecule has 0 bridgehead atoms. The first-order valence-corrected chi connectivity index (χ1v) is 22.5. The van der Waals surface area contributed by atoms with Gasteiger partial charge < -0.3 is 14.8 Å². The third kappa shape index (κ3) is 5.68. The first-order valence-electron chi connectivity index (χ1n) is 22.5. The number of anilines is 2. The summed E-state index contributed by atoms with van der Waals surface area (Å²) < 4.78 is 2.53. The van der Waals surface area contributed by atoms with Crippen molar-refractivity contribution in [2.75, 3.05) is 4.90 Å². The van der Waals surface area contributed by atoms with Crippen molar-refractivity contribution in [2.24, 2.45) is 10.9 Å². The van der Waals surface area contributed by atoms with Gasteiger partial charge >= 0.3 is 0 Å². The Hall–Kier alpha value is -6.95. The molecule has 7 aliphatic rings. The highest BCUT2D eigenvalue weighted by molar-refractivity contribution is 6.01. The van der Waals surface area contributed by atoms with Crippen molar-refractivity contribution in [3.8, 4) is 0 Å². The van der Waals surface area contributed by atoms with Crippen LogP contribution in [0.25, 0.3) is 45.6 Å². The number of amidine groups is 1. The van der Waals surface area contributed by atoms with E-state index >= 15 is 0 Å². The van der Waals surface area contributed by atoms with Crippen LogP contribution in [0.5, 0.6) is 0 Å². The van der Waals surface area contributed by atoms with E-state index in [9.17, 15) is 0 Å². The second-order valence-electron chi connectivity index (χ2n) is 17.7. The molecule has 5 aliphatic carbocycles. The molecule has 0 radical (unpaired) electrons. The van der Waals surface area contributed by atoms with Crippen LogP contribution in [0.3, 0.4) is 0 Å². The van der Waals surface area contributed by atoms with Gasteiger partial charge in [-0.1, -0.05) is 140 Å². The monoisotopic (exact) mass is 801 g/mol. The smallest absolute Gasteiger partial charge is 0.131 e. The number of para-hydroxylation sites is 1. The fraction of sp³-hybridized carbons (Fsp3) is 0.175. The van der Waals surface area contributed by atoms with Crippen LogP contribution in [0, 0.1) is 5.92 Å². The number of allylic oxidation sites excluding steroid dienone is 10. The van der Waals surface area contributed by atoms with Crippen LogP contribution in [0.2, 0.25) is 0 Å². The lowest BCUT2D eigenvalue weighted by Gasteiger charge is -2.35. The lowest BCUT2D eigenvalue weighted by Crippen LogP contribution is -2.49. The zero-order valence-corrected chi connectivity index (χ0v) is 34.6. The van der Waals surface area contributed by atoms with E-state index in [0.717, 1.165) is 43.5 Å². The quantitative estimate of drug-likeness (QED) is 0.183. The predicted molar refractivity (Wildman–Crippen MR) is 258 cm³/mol. The van der Waals surface area contributed by atoms with Crippen LogP contribution < -0.4 is 26.1 Å². The maximum atomic E-state index is 5.47. The van der Waals surface area contributed by atoms with Crippen LogP contribution in [0.4, 0.5) is 11.4 Å². The number of rotatable bonds is 5. The van der Waals surface area contributed by atoms with E-state index < -0.39 is 0 Å². The Balaban J connectivity index is 0.944. The van der Waals surface area contributed by atoms with Gasteiger partial charge in [0.1, 0.15) is 18.2 Å². The average molecular weight is 802 g/mol. The Kier molecular flexibility index (Phi) is 8.26. The molecule has 0 spiro atoms. The number of aryl methyl sites for hydroxylation is 1. The number of nitrogens with one attached hydrogen (secondary N) is 2. The number of hydrogen-bond donors (Lipinski definition) is 2. The number of aromatic nitrogens is 1. The summed E-state index contributed by atoms with van der Waals surface area (Å²) in [5.74, 6) is 1.64. The highest BCUT2D eigenvalue weighted by Crippen LogP contribution is 2.48. The second kappa shape index (κ2) is 14.3. The third-order valence-corrected chi connectivity index (χ3v) is 14.2. The van der Waals surface area contributed by atoms with Crippen molar-refractivity contribution in [3.05, 3.63) is 213 Å². The molecule has 5 unspecified atom stereocenters. The number of hydrogen-bond acceptors (Lipinski definition) is 4. The van der Waals surface area contributed by atoms with E-state index in [0.29, 0.717) is 11.8 Å². The van der Waals surface area contributed by atoms with Crippen molar-refractivity contribution in [3.63, 3.8) is 0 Å². The van der Waals surface area contributed by atoms with Gasteiger partial charge in [-0.05, 0) is 119 Å². The minimum absolute atomic E-state index is 0.136. The second-order valence-corrected chi connectivity index (χ2v) is 17.7. The summed E-state index contributed by atoms with van der Waals surface area (Å²) in [6.07, 6.45) is 35.2. The Morgan fingerprint density at radius 3 is 2.55 bits per heavy atom. The largest absolute Gasteiger partial charge is 0.350 e. The molecule has 3 heterocycles. The van der Waals surface area contributed by atoms with Crippen molar-refractivity contribution >= 4 is 62.8 Å². The highest BCUT2D eigenvalue weighted by atomic mass is 15.3. The molecule has 5 atom stereocenters. The minimum atomic E-state index is -0.207. The molecule has 6 aromatic rings. The Bertz CT molecular complexity index is 3260. The Labute approximate surface area is 362 Å².